The van der Waals surface area contributed by atoms with Crippen LogP contribution in [0.2, 0.25) is 5.02 Å². The molecule has 0 unspecified atom stereocenters. The lowest BCUT2D eigenvalue weighted by Crippen LogP contribution is -2.12. The molecule has 3 rings (SSSR count). The summed E-state index contributed by atoms with van der Waals surface area (Å²) >= 11 is 5.95. The van der Waals surface area contributed by atoms with Crippen LogP contribution in [0.1, 0.15) is 10.4 Å². The smallest absolute Gasteiger partial charge is 0.256 e. The monoisotopic (exact) mass is 271 g/mol. The molecule has 19 heavy (non-hydrogen) atoms. The molecule has 0 bridgehead atoms. The van der Waals surface area contributed by atoms with E-state index in [9.17, 15) is 4.79 Å². The van der Waals surface area contributed by atoms with Crippen molar-refractivity contribution in [3.63, 3.8) is 0 Å². The first-order chi connectivity index (χ1) is 9.24. The molecule has 1 amide bonds. The number of amides is 1. The van der Waals surface area contributed by atoms with E-state index in [-0.39, 0.29) is 5.91 Å². The van der Waals surface area contributed by atoms with Gasteiger partial charge in [-0.25, -0.2) is 0 Å². The summed E-state index contributed by atoms with van der Waals surface area (Å²) in [5.41, 5.74) is 1.41. The van der Waals surface area contributed by atoms with Crippen LogP contribution in [0.4, 0.5) is 5.82 Å². The summed E-state index contributed by atoms with van der Waals surface area (Å²) in [5.74, 6) is 0.278. The number of nitrogens with one attached hydrogen (secondary N) is 2. The summed E-state index contributed by atoms with van der Waals surface area (Å²) in [6.07, 6.45) is 0. The van der Waals surface area contributed by atoms with Gasteiger partial charge < -0.3 is 5.32 Å². The molecular formula is C14H10ClN3O. The molecule has 4 nitrogen and oxygen atoms in total. The van der Waals surface area contributed by atoms with E-state index in [1.165, 1.54) is 0 Å². The zero-order valence-corrected chi connectivity index (χ0v) is 10.6. The van der Waals surface area contributed by atoms with E-state index in [2.05, 4.69) is 15.5 Å². The zero-order chi connectivity index (χ0) is 13.2. The molecule has 0 fully saturated rings. The molecule has 0 saturated heterocycles. The third kappa shape index (κ3) is 2.30. The van der Waals surface area contributed by atoms with Crippen LogP contribution >= 0.6 is 11.6 Å². The van der Waals surface area contributed by atoms with Gasteiger partial charge in [0.1, 0.15) is 0 Å². The Morgan fingerprint density at radius 2 is 1.95 bits per heavy atom. The first-order valence-electron chi connectivity index (χ1n) is 5.74. The molecule has 3 aromatic rings. The van der Waals surface area contributed by atoms with Gasteiger partial charge in [-0.2, -0.15) is 5.10 Å². The Kier molecular flexibility index (Phi) is 2.93. The molecule has 5 heteroatoms. The highest BCUT2D eigenvalue weighted by Crippen LogP contribution is 2.24. The second-order valence-electron chi connectivity index (χ2n) is 4.08. The highest BCUT2D eigenvalue weighted by molar-refractivity contribution is 6.31. The van der Waals surface area contributed by atoms with Crippen molar-refractivity contribution in [2.24, 2.45) is 0 Å². The second-order valence-corrected chi connectivity index (χ2v) is 4.52. The van der Waals surface area contributed by atoms with E-state index >= 15 is 0 Å². The van der Waals surface area contributed by atoms with Crippen LogP contribution in [0, 0.1) is 0 Å². The molecular weight excluding hydrogens is 262 g/mol. The van der Waals surface area contributed by atoms with Crippen LogP contribution in [0.15, 0.2) is 48.5 Å². The van der Waals surface area contributed by atoms with E-state index in [1.807, 2.05) is 24.3 Å². The topological polar surface area (TPSA) is 57.8 Å². The van der Waals surface area contributed by atoms with Crippen molar-refractivity contribution >= 4 is 34.2 Å². The van der Waals surface area contributed by atoms with Gasteiger partial charge in [0, 0.05) is 16.0 Å². The highest BCUT2D eigenvalue weighted by Gasteiger charge is 2.10. The zero-order valence-electron chi connectivity index (χ0n) is 9.85. The van der Waals surface area contributed by atoms with Crippen LogP contribution in [0.25, 0.3) is 10.9 Å². The van der Waals surface area contributed by atoms with Crippen LogP contribution in [-0.4, -0.2) is 16.1 Å². The van der Waals surface area contributed by atoms with E-state index in [1.54, 1.807) is 24.3 Å². The summed E-state index contributed by atoms with van der Waals surface area (Å²) in [6, 6.07) is 14.3. The average molecular weight is 272 g/mol. The molecule has 0 aliphatic rings. The minimum absolute atomic E-state index is 0.200. The van der Waals surface area contributed by atoms with Gasteiger partial charge in [0.05, 0.1) is 5.52 Å². The predicted molar refractivity (Wildman–Crippen MR) is 75.5 cm³/mol. The number of fused-ring (bicyclic) bond motifs is 1. The minimum Gasteiger partial charge on any atom is -0.305 e. The van der Waals surface area contributed by atoms with Gasteiger partial charge in [-0.05, 0) is 30.3 Å². The van der Waals surface area contributed by atoms with Gasteiger partial charge in [-0.3, -0.25) is 9.89 Å². The van der Waals surface area contributed by atoms with Gasteiger partial charge in [0.2, 0.25) is 0 Å². The molecule has 1 heterocycles. The number of halogens is 1. The van der Waals surface area contributed by atoms with Crippen LogP contribution in [-0.2, 0) is 0 Å². The van der Waals surface area contributed by atoms with Crippen molar-refractivity contribution in [2.75, 3.05) is 5.32 Å². The summed E-state index contributed by atoms with van der Waals surface area (Å²) in [7, 11) is 0. The molecule has 0 spiro atoms. The van der Waals surface area contributed by atoms with Crippen molar-refractivity contribution in [1.82, 2.24) is 10.2 Å². The maximum absolute atomic E-state index is 12.0. The Hall–Kier alpha value is -2.33. The normalized spacial score (nSPS) is 10.6. The maximum atomic E-state index is 12.0. The summed E-state index contributed by atoms with van der Waals surface area (Å²) in [6.45, 7) is 0. The van der Waals surface area contributed by atoms with Crippen molar-refractivity contribution in [2.45, 2.75) is 0 Å². The number of rotatable bonds is 2. The number of anilines is 1. The van der Waals surface area contributed by atoms with E-state index in [0.717, 1.165) is 10.9 Å². The molecule has 0 aliphatic carbocycles. The van der Waals surface area contributed by atoms with Crippen molar-refractivity contribution in [3.05, 3.63) is 59.1 Å². The van der Waals surface area contributed by atoms with Crippen LogP contribution in [0.5, 0.6) is 0 Å². The third-order valence-corrected chi connectivity index (χ3v) is 3.03. The minimum atomic E-state index is -0.200. The van der Waals surface area contributed by atoms with Gasteiger partial charge in [-0.15, -0.1) is 0 Å². The fourth-order valence-electron chi connectivity index (χ4n) is 1.85. The Morgan fingerprint density at radius 3 is 2.74 bits per heavy atom. The standard InChI is InChI=1S/C14H10ClN3O/c15-10-6-7-12-11(8-10)13(18-17-12)16-14(19)9-4-2-1-3-5-9/h1-8H,(H2,16,17,18,19). The first-order valence-corrected chi connectivity index (χ1v) is 6.12. The Labute approximate surface area is 114 Å². The highest BCUT2D eigenvalue weighted by atomic mass is 35.5. The lowest BCUT2D eigenvalue weighted by Gasteiger charge is -2.02. The van der Waals surface area contributed by atoms with Crippen molar-refractivity contribution in [3.8, 4) is 0 Å². The third-order valence-electron chi connectivity index (χ3n) is 2.79. The van der Waals surface area contributed by atoms with E-state index in [0.29, 0.717) is 16.4 Å². The number of H-pyrrole nitrogens is 1. The molecule has 0 aliphatic heterocycles. The van der Waals surface area contributed by atoms with Gasteiger partial charge in [0.15, 0.2) is 5.82 Å². The first kappa shape index (κ1) is 11.7. The largest absolute Gasteiger partial charge is 0.305 e. The molecule has 2 aromatic carbocycles. The summed E-state index contributed by atoms with van der Waals surface area (Å²) in [4.78, 5) is 12.0. The number of aromatic amines is 1. The SMILES string of the molecule is O=C(Nc1n[nH]c2ccc(Cl)cc12)c1ccccc1. The molecule has 0 radical (unpaired) electrons. The second kappa shape index (κ2) is 4.74. The molecule has 0 atom stereocenters. The number of hydrogen-bond acceptors (Lipinski definition) is 2. The lowest BCUT2D eigenvalue weighted by atomic mass is 10.2. The maximum Gasteiger partial charge on any atom is 0.256 e. The number of hydrogen-bond donors (Lipinski definition) is 2. The fourth-order valence-corrected chi connectivity index (χ4v) is 2.02. The molecule has 0 saturated carbocycles. The number of aromatic nitrogens is 2. The summed E-state index contributed by atoms with van der Waals surface area (Å²) in [5, 5.41) is 11.1. The predicted octanol–water partition coefficient (Wildman–Crippen LogP) is 3.47. The van der Waals surface area contributed by atoms with E-state index in [4.69, 9.17) is 11.6 Å². The average Bonchev–Trinajstić information content (AvgIpc) is 2.82. The van der Waals surface area contributed by atoms with E-state index < -0.39 is 0 Å². The molecule has 2 N–H and O–H groups in total. The van der Waals surface area contributed by atoms with Gasteiger partial charge >= 0.3 is 0 Å². The number of benzene rings is 2. The Balaban J connectivity index is 1.94. The lowest BCUT2D eigenvalue weighted by molar-refractivity contribution is 0.102. The van der Waals surface area contributed by atoms with Gasteiger partial charge in [-0.1, -0.05) is 29.8 Å². The Bertz CT molecular complexity index is 737. The van der Waals surface area contributed by atoms with Crippen molar-refractivity contribution < 1.29 is 4.79 Å². The number of carbonyl (C=O) groups is 1. The molecule has 94 valence electrons. The molecule has 1 aromatic heterocycles. The van der Waals surface area contributed by atoms with Crippen molar-refractivity contribution in [1.29, 1.82) is 0 Å². The number of carbonyl (C=O) groups excluding carboxylic acids is 1. The van der Waals surface area contributed by atoms with Crippen LogP contribution in [0.3, 0.4) is 0 Å². The number of nitrogens with zero attached hydrogens (tertiary/aromatic N) is 1. The fraction of sp³-hybridized carbons (Fsp3) is 0. The Morgan fingerprint density at radius 1 is 1.16 bits per heavy atom. The van der Waals surface area contributed by atoms with Gasteiger partial charge in [0.25, 0.3) is 5.91 Å². The summed E-state index contributed by atoms with van der Waals surface area (Å²) < 4.78 is 0. The van der Waals surface area contributed by atoms with Crippen LogP contribution < -0.4 is 5.32 Å². The quantitative estimate of drug-likeness (QED) is 0.750.